The van der Waals surface area contributed by atoms with E-state index in [4.69, 9.17) is 32.9 Å². The molecule has 4 heteroatoms. The van der Waals surface area contributed by atoms with Crippen molar-refractivity contribution in [2.75, 3.05) is 7.11 Å². The summed E-state index contributed by atoms with van der Waals surface area (Å²) in [6.45, 7) is 0. The van der Waals surface area contributed by atoms with Crippen LogP contribution >= 0.6 is 23.2 Å². The number of ether oxygens (including phenoxy) is 1. The fourth-order valence-corrected chi connectivity index (χ4v) is 3.12. The minimum absolute atomic E-state index is 0.574. The maximum absolute atomic E-state index is 6.49. The zero-order chi connectivity index (χ0) is 12.7. The molecule has 0 aliphatic heterocycles. The number of rotatable bonds is 1. The first-order valence-corrected chi connectivity index (χ1v) is 6.81. The summed E-state index contributed by atoms with van der Waals surface area (Å²) in [6.07, 6.45) is 4.40. The molecule has 1 aliphatic carbocycles. The van der Waals surface area contributed by atoms with E-state index in [1.807, 2.05) is 12.1 Å². The van der Waals surface area contributed by atoms with Crippen LogP contribution in [0, 0.1) is 0 Å². The van der Waals surface area contributed by atoms with Crippen LogP contribution < -0.4 is 4.74 Å². The van der Waals surface area contributed by atoms with E-state index in [1.165, 1.54) is 18.4 Å². The van der Waals surface area contributed by atoms with Gasteiger partial charge in [0.1, 0.15) is 5.75 Å². The Morgan fingerprint density at radius 2 is 1.94 bits per heavy atom. The molecule has 0 fully saturated rings. The molecule has 0 amide bonds. The second kappa shape index (κ2) is 4.60. The van der Waals surface area contributed by atoms with Gasteiger partial charge in [0.25, 0.3) is 0 Å². The molecule has 2 nitrogen and oxygen atoms in total. The van der Waals surface area contributed by atoms with Gasteiger partial charge in [0, 0.05) is 17.1 Å². The molecule has 3 rings (SSSR count). The molecule has 1 aromatic carbocycles. The largest absolute Gasteiger partial charge is 0.495 e. The lowest BCUT2D eigenvalue weighted by Gasteiger charge is -2.18. The fraction of sp³-hybridized carbons (Fsp3) is 0.357. The summed E-state index contributed by atoms with van der Waals surface area (Å²) < 4.78 is 5.22. The Labute approximate surface area is 116 Å². The van der Waals surface area contributed by atoms with Gasteiger partial charge >= 0.3 is 0 Å². The number of aryl methyl sites for hydroxylation is 1. The molecular weight excluding hydrogens is 269 g/mol. The molecule has 0 saturated carbocycles. The highest BCUT2D eigenvalue weighted by molar-refractivity contribution is 6.38. The number of aromatic nitrogens is 1. The lowest BCUT2D eigenvalue weighted by Crippen LogP contribution is -2.06. The van der Waals surface area contributed by atoms with Crippen LogP contribution in [0.15, 0.2) is 12.1 Å². The highest BCUT2D eigenvalue weighted by Gasteiger charge is 2.18. The summed E-state index contributed by atoms with van der Waals surface area (Å²) in [7, 11) is 1.60. The highest BCUT2D eigenvalue weighted by Crippen LogP contribution is 2.37. The molecule has 0 saturated heterocycles. The number of pyridine rings is 1. The fourth-order valence-electron chi connectivity index (χ4n) is 2.52. The summed E-state index contributed by atoms with van der Waals surface area (Å²) in [6, 6.07) is 3.71. The van der Waals surface area contributed by atoms with Gasteiger partial charge in [0.05, 0.1) is 22.7 Å². The van der Waals surface area contributed by atoms with Gasteiger partial charge in [-0.2, -0.15) is 0 Å². The number of fused-ring (bicyclic) bond motifs is 2. The van der Waals surface area contributed by atoms with Crippen LogP contribution in [-0.4, -0.2) is 12.1 Å². The van der Waals surface area contributed by atoms with Crippen LogP contribution in [0.2, 0.25) is 10.0 Å². The Bertz CT molecular complexity index is 625. The Balaban J connectivity index is 2.31. The monoisotopic (exact) mass is 281 g/mol. The van der Waals surface area contributed by atoms with Crippen molar-refractivity contribution in [1.29, 1.82) is 0 Å². The van der Waals surface area contributed by atoms with E-state index in [0.717, 1.165) is 34.5 Å². The summed E-state index contributed by atoms with van der Waals surface area (Å²) in [4.78, 5) is 4.70. The zero-order valence-corrected chi connectivity index (χ0v) is 11.6. The van der Waals surface area contributed by atoms with E-state index in [0.29, 0.717) is 10.8 Å². The van der Waals surface area contributed by atoms with E-state index in [-0.39, 0.29) is 0 Å². The molecule has 1 aliphatic rings. The van der Waals surface area contributed by atoms with E-state index >= 15 is 0 Å². The van der Waals surface area contributed by atoms with Crippen LogP contribution in [0.5, 0.6) is 5.75 Å². The van der Waals surface area contributed by atoms with Crippen LogP contribution in [0.3, 0.4) is 0 Å². The summed E-state index contributed by atoms with van der Waals surface area (Å²) >= 11 is 12.6. The number of nitrogens with zero attached hydrogens (tertiary/aromatic N) is 1. The lowest BCUT2D eigenvalue weighted by molar-refractivity contribution is 0.415. The molecule has 0 spiro atoms. The van der Waals surface area contributed by atoms with Gasteiger partial charge in [-0.25, -0.2) is 0 Å². The molecule has 0 bridgehead atoms. The van der Waals surface area contributed by atoms with Crippen LogP contribution in [-0.2, 0) is 12.8 Å². The minimum Gasteiger partial charge on any atom is -0.495 e. The molecule has 1 heterocycles. The second-order valence-electron chi connectivity index (χ2n) is 4.56. The minimum atomic E-state index is 0.574. The number of methoxy groups -OCH3 is 1. The van der Waals surface area contributed by atoms with Crippen molar-refractivity contribution in [3.8, 4) is 5.75 Å². The van der Waals surface area contributed by atoms with E-state index in [1.54, 1.807) is 7.11 Å². The van der Waals surface area contributed by atoms with Crippen LogP contribution in [0.25, 0.3) is 10.9 Å². The standard InChI is InChI=1S/C14H13Cl2NO/c1-18-13-7-12-9(6-10(13)15)14(16)8-4-2-3-5-11(8)17-12/h6-7H,2-5H2,1H3. The predicted molar refractivity (Wildman–Crippen MR) is 75.0 cm³/mol. The van der Waals surface area contributed by atoms with E-state index in [9.17, 15) is 0 Å². The maximum atomic E-state index is 6.49. The third kappa shape index (κ3) is 1.84. The molecule has 0 unspecified atom stereocenters. The lowest BCUT2D eigenvalue weighted by atomic mass is 9.94. The first kappa shape index (κ1) is 12.1. The van der Waals surface area contributed by atoms with Crippen molar-refractivity contribution in [3.63, 3.8) is 0 Å². The predicted octanol–water partition coefficient (Wildman–Crippen LogP) is 4.43. The quantitative estimate of drug-likeness (QED) is 0.772. The van der Waals surface area contributed by atoms with Crippen molar-refractivity contribution < 1.29 is 4.74 Å². The third-order valence-electron chi connectivity index (χ3n) is 3.47. The zero-order valence-electron chi connectivity index (χ0n) is 10.1. The Morgan fingerprint density at radius 3 is 2.72 bits per heavy atom. The van der Waals surface area contributed by atoms with Crippen molar-refractivity contribution in [2.45, 2.75) is 25.7 Å². The maximum Gasteiger partial charge on any atom is 0.139 e. The number of halogens is 2. The van der Waals surface area contributed by atoms with Crippen molar-refractivity contribution in [1.82, 2.24) is 4.98 Å². The summed E-state index contributed by atoms with van der Waals surface area (Å²) in [5.74, 6) is 0.642. The average molecular weight is 282 g/mol. The molecule has 0 N–H and O–H groups in total. The van der Waals surface area contributed by atoms with Gasteiger partial charge in [-0.05, 0) is 37.3 Å². The molecule has 0 radical (unpaired) electrons. The van der Waals surface area contributed by atoms with Crippen molar-refractivity contribution in [3.05, 3.63) is 33.4 Å². The highest BCUT2D eigenvalue weighted by atomic mass is 35.5. The normalized spacial score (nSPS) is 14.6. The van der Waals surface area contributed by atoms with Crippen molar-refractivity contribution >= 4 is 34.1 Å². The molecule has 94 valence electrons. The summed E-state index contributed by atoms with van der Waals surface area (Å²) in [5.41, 5.74) is 3.18. The van der Waals surface area contributed by atoms with Gasteiger partial charge < -0.3 is 4.74 Å². The number of hydrogen-bond donors (Lipinski definition) is 0. The Morgan fingerprint density at radius 1 is 1.17 bits per heavy atom. The molecule has 0 atom stereocenters. The molecule has 2 aromatic rings. The molecule has 1 aromatic heterocycles. The third-order valence-corrected chi connectivity index (χ3v) is 4.19. The van der Waals surface area contributed by atoms with E-state index in [2.05, 4.69) is 0 Å². The first-order valence-electron chi connectivity index (χ1n) is 6.05. The number of hydrogen-bond acceptors (Lipinski definition) is 2. The summed E-state index contributed by atoms with van der Waals surface area (Å²) in [5, 5.41) is 2.30. The smallest absolute Gasteiger partial charge is 0.139 e. The second-order valence-corrected chi connectivity index (χ2v) is 5.35. The SMILES string of the molecule is COc1cc2nc3c(c(Cl)c2cc1Cl)CCCC3. The van der Waals surface area contributed by atoms with Gasteiger partial charge in [-0.15, -0.1) is 0 Å². The van der Waals surface area contributed by atoms with E-state index < -0.39 is 0 Å². The molecular formula is C14H13Cl2NO. The Hall–Kier alpha value is -0.990. The average Bonchev–Trinajstić information content (AvgIpc) is 2.39. The molecule has 18 heavy (non-hydrogen) atoms. The first-order chi connectivity index (χ1) is 8.70. The van der Waals surface area contributed by atoms with Crippen molar-refractivity contribution in [2.24, 2.45) is 0 Å². The van der Waals surface area contributed by atoms with Gasteiger partial charge in [0.15, 0.2) is 0 Å². The van der Waals surface area contributed by atoms with Gasteiger partial charge in [-0.3, -0.25) is 4.98 Å². The topological polar surface area (TPSA) is 22.1 Å². The van der Waals surface area contributed by atoms with Crippen LogP contribution in [0.4, 0.5) is 0 Å². The van der Waals surface area contributed by atoms with Crippen LogP contribution in [0.1, 0.15) is 24.1 Å². The Kier molecular flexibility index (Phi) is 3.08. The van der Waals surface area contributed by atoms with Gasteiger partial charge in [0.2, 0.25) is 0 Å². The number of benzene rings is 1. The van der Waals surface area contributed by atoms with Gasteiger partial charge in [-0.1, -0.05) is 23.2 Å².